The molecule has 13 heteroatoms. The largest absolute Gasteiger partial charge is 0.480 e. The summed E-state index contributed by atoms with van der Waals surface area (Å²) >= 11 is 4.02. The van der Waals surface area contributed by atoms with Gasteiger partial charge in [-0.05, 0) is 19.3 Å². The van der Waals surface area contributed by atoms with E-state index >= 15 is 0 Å². The molecule has 30 heavy (non-hydrogen) atoms. The molecule has 0 aromatic carbocycles. The van der Waals surface area contributed by atoms with Crippen LogP contribution in [0.15, 0.2) is 0 Å². The molecule has 0 heterocycles. The Bertz CT molecular complexity index is 644. The van der Waals surface area contributed by atoms with E-state index in [0.717, 1.165) is 0 Å². The van der Waals surface area contributed by atoms with Crippen molar-refractivity contribution in [3.05, 3.63) is 0 Å². The summed E-state index contributed by atoms with van der Waals surface area (Å²) in [4.78, 5) is 59.1. The van der Waals surface area contributed by atoms with Crippen LogP contribution in [-0.2, 0) is 24.0 Å². The lowest BCUT2D eigenvalue weighted by atomic mass is 10.0. The summed E-state index contributed by atoms with van der Waals surface area (Å²) in [5, 5.41) is 25.6. The van der Waals surface area contributed by atoms with Gasteiger partial charge in [-0.2, -0.15) is 12.6 Å². The maximum absolute atomic E-state index is 12.5. The van der Waals surface area contributed by atoms with Gasteiger partial charge in [-0.15, -0.1) is 0 Å². The van der Waals surface area contributed by atoms with Crippen molar-refractivity contribution in [1.29, 1.82) is 0 Å². The fourth-order valence-electron chi connectivity index (χ4n) is 2.32. The maximum Gasteiger partial charge on any atom is 0.328 e. The van der Waals surface area contributed by atoms with Gasteiger partial charge in [0.15, 0.2) is 6.04 Å². The van der Waals surface area contributed by atoms with E-state index in [-0.39, 0.29) is 18.6 Å². The Morgan fingerprint density at radius 1 is 0.933 bits per heavy atom. The molecule has 0 saturated heterocycles. The number of rotatable bonds is 13. The molecule has 0 saturated carbocycles. The Labute approximate surface area is 179 Å². The molecular formula is C17H31N5O7S. The average Bonchev–Trinajstić information content (AvgIpc) is 2.64. The van der Waals surface area contributed by atoms with Gasteiger partial charge in [0, 0.05) is 12.2 Å². The van der Waals surface area contributed by atoms with E-state index in [1.54, 1.807) is 13.8 Å². The molecule has 4 amide bonds. The van der Waals surface area contributed by atoms with E-state index in [0.29, 0.717) is 0 Å². The number of aliphatic hydroxyl groups excluding tert-OH is 1. The number of primary amides is 1. The number of hydrogen-bond acceptors (Lipinski definition) is 8. The zero-order valence-corrected chi connectivity index (χ0v) is 18.0. The van der Waals surface area contributed by atoms with Crippen molar-refractivity contribution in [2.24, 2.45) is 17.4 Å². The molecule has 5 unspecified atom stereocenters. The van der Waals surface area contributed by atoms with E-state index in [1.165, 1.54) is 6.92 Å². The molecule has 0 fully saturated rings. The van der Waals surface area contributed by atoms with Crippen molar-refractivity contribution >= 4 is 42.2 Å². The third-order valence-electron chi connectivity index (χ3n) is 4.15. The molecule has 0 aromatic rings. The Kier molecular flexibility index (Phi) is 12.0. The summed E-state index contributed by atoms with van der Waals surface area (Å²) < 4.78 is 0. The molecule has 12 nitrogen and oxygen atoms in total. The maximum atomic E-state index is 12.5. The summed E-state index contributed by atoms with van der Waals surface area (Å²) in [7, 11) is 0. The Morgan fingerprint density at radius 3 is 1.87 bits per heavy atom. The molecule has 0 aliphatic rings. The summed E-state index contributed by atoms with van der Waals surface area (Å²) in [6.45, 7) is 4.45. The van der Waals surface area contributed by atoms with Crippen LogP contribution >= 0.6 is 12.6 Å². The second-order valence-corrected chi connectivity index (χ2v) is 7.52. The topological polar surface area (TPSA) is 214 Å². The monoisotopic (exact) mass is 449 g/mol. The molecule has 9 N–H and O–H groups in total. The first-order valence-corrected chi connectivity index (χ1v) is 9.91. The lowest BCUT2D eigenvalue weighted by Crippen LogP contribution is -2.60. The fraction of sp³-hybridized carbons (Fsp3) is 0.706. The van der Waals surface area contributed by atoms with Gasteiger partial charge in [0.05, 0.1) is 12.1 Å². The SMILES string of the molecule is CC(C)C(NC(=O)C(CS)NC(=O)C(N)CCC(N)=O)C(=O)NC(C(=O)O)C(C)O. The summed E-state index contributed by atoms with van der Waals surface area (Å²) in [5.41, 5.74) is 10.7. The second kappa shape index (κ2) is 13.0. The van der Waals surface area contributed by atoms with Crippen LogP contribution in [0.3, 0.4) is 0 Å². The van der Waals surface area contributed by atoms with Crippen molar-refractivity contribution in [2.45, 2.75) is 63.9 Å². The molecule has 5 atom stereocenters. The Morgan fingerprint density at radius 2 is 1.47 bits per heavy atom. The molecule has 0 radical (unpaired) electrons. The first kappa shape index (κ1) is 27.6. The van der Waals surface area contributed by atoms with E-state index < -0.39 is 65.8 Å². The van der Waals surface area contributed by atoms with E-state index in [1.807, 2.05) is 0 Å². The number of aliphatic carboxylic acids is 1. The molecule has 0 bridgehead atoms. The minimum atomic E-state index is -1.56. The molecule has 0 aliphatic heterocycles. The number of carboxylic acids is 1. The van der Waals surface area contributed by atoms with Gasteiger partial charge in [-0.3, -0.25) is 19.2 Å². The predicted octanol–water partition coefficient (Wildman–Crippen LogP) is -2.92. The fourth-order valence-corrected chi connectivity index (χ4v) is 2.58. The summed E-state index contributed by atoms with van der Waals surface area (Å²) in [6.07, 6.45) is -1.47. The zero-order valence-electron chi connectivity index (χ0n) is 17.1. The smallest absolute Gasteiger partial charge is 0.328 e. The zero-order chi connectivity index (χ0) is 23.6. The molecule has 0 rings (SSSR count). The Balaban J connectivity index is 5.13. The van der Waals surface area contributed by atoms with Crippen LogP contribution in [0.4, 0.5) is 0 Å². The number of amides is 4. The molecule has 0 aromatic heterocycles. The van der Waals surface area contributed by atoms with Gasteiger partial charge in [0.1, 0.15) is 12.1 Å². The quantitative estimate of drug-likeness (QED) is 0.136. The molecular weight excluding hydrogens is 418 g/mol. The average molecular weight is 450 g/mol. The number of aliphatic hydroxyl groups is 1. The number of nitrogens with two attached hydrogens (primary N) is 2. The summed E-state index contributed by atoms with van der Waals surface area (Å²) in [5.74, 6) is -4.85. The third-order valence-corrected chi connectivity index (χ3v) is 4.51. The van der Waals surface area contributed by atoms with Crippen LogP contribution in [0.1, 0.15) is 33.6 Å². The van der Waals surface area contributed by atoms with Crippen molar-refractivity contribution in [3.63, 3.8) is 0 Å². The van der Waals surface area contributed by atoms with Gasteiger partial charge >= 0.3 is 5.97 Å². The molecule has 0 spiro atoms. The van der Waals surface area contributed by atoms with Crippen LogP contribution < -0.4 is 27.4 Å². The number of carbonyl (C=O) groups is 5. The van der Waals surface area contributed by atoms with Crippen LogP contribution in [0.5, 0.6) is 0 Å². The lowest BCUT2D eigenvalue weighted by molar-refractivity contribution is -0.145. The van der Waals surface area contributed by atoms with Crippen molar-refractivity contribution < 1.29 is 34.2 Å². The van der Waals surface area contributed by atoms with Crippen molar-refractivity contribution in [2.75, 3.05) is 5.75 Å². The highest BCUT2D eigenvalue weighted by Crippen LogP contribution is 2.05. The first-order chi connectivity index (χ1) is 13.8. The Hall–Kier alpha value is -2.38. The van der Waals surface area contributed by atoms with Crippen molar-refractivity contribution in [3.8, 4) is 0 Å². The van der Waals surface area contributed by atoms with Crippen LogP contribution in [0.2, 0.25) is 0 Å². The van der Waals surface area contributed by atoms with Gasteiger partial charge in [-0.1, -0.05) is 13.8 Å². The van der Waals surface area contributed by atoms with E-state index in [9.17, 15) is 29.1 Å². The number of nitrogens with one attached hydrogen (secondary N) is 3. The minimum Gasteiger partial charge on any atom is -0.480 e. The first-order valence-electron chi connectivity index (χ1n) is 9.28. The van der Waals surface area contributed by atoms with Gasteiger partial charge in [0.25, 0.3) is 0 Å². The number of thiol groups is 1. The van der Waals surface area contributed by atoms with E-state index in [2.05, 4.69) is 28.6 Å². The van der Waals surface area contributed by atoms with E-state index in [4.69, 9.17) is 16.6 Å². The normalized spacial score (nSPS) is 16.0. The van der Waals surface area contributed by atoms with Gasteiger partial charge < -0.3 is 37.6 Å². The highest BCUT2D eigenvalue weighted by molar-refractivity contribution is 7.80. The molecule has 0 aliphatic carbocycles. The van der Waals surface area contributed by atoms with Crippen molar-refractivity contribution in [1.82, 2.24) is 16.0 Å². The number of carboxylic acid groups (broad SMARTS) is 1. The number of carbonyl (C=O) groups excluding carboxylic acids is 4. The highest BCUT2D eigenvalue weighted by atomic mass is 32.1. The van der Waals surface area contributed by atoms with Crippen LogP contribution in [-0.4, -0.2) is 75.8 Å². The third kappa shape index (κ3) is 9.41. The highest BCUT2D eigenvalue weighted by Gasteiger charge is 2.32. The lowest BCUT2D eigenvalue weighted by Gasteiger charge is -2.27. The van der Waals surface area contributed by atoms with Crippen LogP contribution in [0, 0.1) is 5.92 Å². The summed E-state index contributed by atoms with van der Waals surface area (Å²) in [6, 6.07) is -4.90. The van der Waals surface area contributed by atoms with Crippen LogP contribution in [0.25, 0.3) is 0 Å². The minimum absolute atomic E-state index is 0.00494. The number of hydrogen-bond donors (Lipinski definition) is 8. The molecule has 172 valence electrons. The predicted molar refractivity (Wildman–Crippen MR) is 110 cm³/mol. The second-order valence-electron chi connectivity index (χ2n) is 7.15. The van der Waals surface area contributed by atoms with Gasteiger partial charge in [0.2, 0.25) is 23.6 Å². The van der Waals surface area contributed by atoms with Gasteiger partial charge in [-0.25, -0.2) is 4.79 Å². The standard InChI is InChI=1S/C17H31N5O7S/c1-7(2)12(16(27)22-13(8(3)23)17(28)29)21-15(26)10(6-30)20-14(25)9(18)4-5-11(19)24/h7-10,12-13,23,30H,4-6,18H2,1-3H3,(H2,19,24)(H,20,25)(H,21,26)(H,22,27)(H,28,29).